The molecule has 1 N–H and O–H groups in total. The van der Waals surface area contributed by atoms with Crippen molar-refractivity contribution in [2.75, 3.05) is 0 Å². The lowest BCUT2D eigenvalue weighted by atomic mass is 9.86. The summed E-state index contributed by atoms with van der Waals surface area (Å²) in [5.74, 6) is 0.229. The van der Waals surface area contributed by atoms with Crippen LogP contribution in [-0.4, -0.2) is 16.1 Å². The Morgan fingerprint density at radius 2 is 1.93 bits per heavy atom. The monoisotopic (exact) mass is 401 g/mol. The molecule has 0 unspecified atom stereocenters. The molecule has 4 rings (SSSR count). The van der Waals surface area contributed by atoms with Gasteiger partial charge in [0.1, 0.15) is 12.4 Å². The summed E-state index contributed by atoms with van der Waals surface area (Å²) in [6.45, 7) is 0.454. The van der Waals surface area contributed by atoms with Gasteiger partial charge in [-0.15, -0.1) is 0 Å². The number of hydrogen-bond acceptors (Lipinski definition) is 3. The van der Waals surface area contributed by atoms with Gasteiger partial charge in [-0.2, -0.15) is 0 Å². The molecule has 0 fully saturated rings. The number of carboxylic acids is 1. The number of pyridine rings is 1. The van der Waals surface area contributed by atoms with E-state index in [1.165, 1.54) is 16.7 Å². The van der Waals surface area contributed by atoms with Gasteiger partial charge < -0.3 is 9.84 Å². The van der Waals surface area contributed by atoms with E-state index in [1.807, 2.05) is 24.3 Å². The van der Waals surface area contributed by atoms with Crippen LogP contribution in [0.4, 0.5) is 0 Å². The summed E-state index contributed by atoms with van der Waals surface area (Å²) in [6.07, 6.45) is 8.31. The summed E-state index contributed by atoms with van der Waals surface area (Å²) in [7, 11) is 0. The van der Waals surface area contributed by atoms with Crippen LogP contribution in [0.1, 0.15) is 55.3 Å². The third-order valence-electron chi connectivity index (χ3n) is 5.62. The molecule has 0 amide bonds. The zero-order chi connectivity index (χ0) is 20.8. The second-order valence-corrected chi connectivity index (χ2v) is 7.79. The molecule has 1 aliphatic rings. The van der Waals surface area contributed by atoms with Crippen molar-refractivity contribution in [3.8, 4) is 5.75 Å². The van der Waals surface area contributed by atoms with Crippen LogP contribution in [0.15, 0.2) is 60.7 Å². The number of unbranched alkanes of at least 4 members (excludes halogenated alkanes) is 2. The van der Waals surface area contributed by atoms with E-state index in [0.717, 1.165) is 60.9 Å². The lowest BCUT2D eigenvalue weighted by Crippen LogP contribution is -2.06. The van der Waals surface area contributed by atoms with Crippen molar-refractivity contribution >= 4 is 22.4 Å². The molecule has 0 spiro atoms. The number of para-hydroxylation sites is 1. The molecule has 1 heterocycles. The highest BCUT2D eigenvalue weighted by Crippen LogP contribution is 2.36. The van der Waals surface area contributed by atoms with E-state index in [-0.39, 0.29) is 6.42 Å². The van der Waals surface area contributed by atoms with Gasteiger partial charge in [0.05, 0.1) is 11.2 Å². The third-order valence-corrected chi connectivity index (χ3v) is 5.62. The van der Waals surface area contributed by atoms with Gasteiger partial charge in [-0.3, -0.25) is 4.79 Å². The number of carboxylic acid groups (broad SMARTS) is 1. The molecule has 0 saturated heterocycles. The topological polar surface area (TPSA) is 59.4 Å². The Hall–Kier alpha value is -3.14. The number of benzene rings is 2. The Bertz CT molecular complexity index is 1070. The Morgan fingerprint density at radius 3 is 2.83 bits per heavy atom. The van der Waals surface area contributed by atoms with E-state index < -0.39 is 5.97 Å². The van der Waals surface area contributed by atoms with Gasteiger partial charge >= 0.3 is 5.97 Å². The standard InChI is InChI=1S/C26H27NO3/c28-26(29)15-3-1-2-8-19-10-6-12-23-22(19)11-7-14-25(23)30-18-21-17-16-20-9-4-5-13-24(20)27-21/h4-5,7-9,11,13-14,16-17H,1-3,6,10,12,15,18H2,(H,28,29)/b19-8+. The summed E-state index contributed by atoms with van der Waals surface area (Å²) >= 11 is 0. The number of hydrogen-bond donors (Lipinski definition) is 1. The lowest BCUT2D eigenvalue weighted by molar-refractivity contribution is -0.137. The second-order valence-electron chi connectivity index (χ2n) is 7.79. The summed E-state index contributed by atoms with van der Waals surface area (Å²) in [4.78, 5) is 15.4. The minimum atomic E-state index is -0.714. The average Bonchev–Trinajstić information content (AvgIpc) is 2.77. The maximum absolute atomic E-state index is 10.7. The average molecular weight is 402 g/mol. The lowest BCUT2D eigenvalue weighted by Gasteiger charge is -2.22. The van der Waals surface area contributed by atoms with Gasteiger partial charge in [-0.05, 0) is 67.9 Å². The van der Waals surface area contributed by atoms with Crippen molar-refractivity contribution < 1.29 is 14.6 Å². The van der Waals surface area contributed by atoms with E-state index in [0.29, 0.717) is 6.61 Å². The normalized spacial score (nSPS) is 14.6. The molecule has 0 radical (unpaired) electrons. The Balaban J connectivity index is 1.45. The Labute approximate surface area is 177 Å². The number of ether oxygens (including phenoxy) is 1. The summed E-state index contributed by atoms with van der Waals surface area (Å²) in [5.41, 5.74) is 5.84. The maximum atomic E-state index is 10.7. The first-order valence-corrected chi connectivity index (χ1v) is 10.7. The predicted molar refractivity (Wildman–Crippen MR) is 120 cm³/mol. The first-order chi connectivity index (χ1) is 14.7. The van der Waals surface area contributed by atoms with Crippen LogP contribution in [0.25, 0.3) is 16.5 Å². The van der Waals surface area contributed by atoms with Crippen molar-refractivity contribution in [3.63, 3.8) is 0 Å². The SMILES string of the molecule is O=C(O)CCCC/C=C1\CCCc2c(OCc3ccc4ccccc4n3)cccc21. The van der Waals surface area contributed by atoms with Gasteiger partial charge in [0, 0.05) is 17.4 Å². The number of aromatic nitrogens is 1. The zero-order valence-electron chi connectivity index (χ0n) is 17.1. The second kappa shape index (κ2) is 9.57. The molecule has 0 aliphatic heterocycles. The first-order valence-electron chi connectivity index (χ1n) is 10.7. The fourth-order valence-corrected chi connectivity index (χ4v) is 4.10. The van der Waals surface area contributed by atoms with Gasteiger partial charge in [0.25, 0.3) is 0 Å². The van der Waals surface area contributed by atoms with Gasteiger partial charge in [-0.1, -0.05) is 42.5 Å². The summed E-state index contributed by atoms with van der Waals surface area (Å²) in [5, 5.41) is 9.91. The van der Waals surface area contributed by atoms with E-state index >= 15 is 0 Å². The first kappa shape index (κ1) is 20.1. The highest BCUT2D eigenvalue weighted by atomic mass is 16.5. The highest BCUT2D eigenvalue weighted by molar-refractivity contribution is 5.78. The minimum absolute atomic E-state index is 0.251. The number of fused-ring (bicyclic) bond motifs is 2. The number of rotatable bonds is 8. The summed E-state index contributed by atoms with van der Waals surface area (Å²) < 4.78 is 6.20. The molecular weight excluding hydrogens is 374 g/mol. The van der Waals surface area contributed by atoms with Crippen molar-refractivity contribution in [1.82, 2.24) is 4.98 Å². The number of carbonyl (C=O) groups is 1. The molecule has 1 aromatic heterocycles. The smallest absolute Gasteiger partial charge is 0.303 e. The van der Waals surface area contributed by atoms with Crippen LogP contribution in [0, 0.1) is 0 Å². The third kappa shape index (κ3) is 4.88. The largest absolute Gasteiger partial charge is 0.487 e. The van der Waals surface area contributed by atoms with Crippen LogP contribution in [-0.2, 0) is 17.8 Å². The molecule has 0 saturated carbocycles. The molecule has 4 heteroatoms. The van der Waals surface area contributed by atoms with Crippen molar-refractivity contribution in [1.29, 1.82) is 0 Å². The quantitative estimate of drug-likeness (QED) is 0.458. The van der Waals surface area contributed by atoms with Crippen LogP contribution >= 0.6 is 0 Å². The van der Waals surface area contributed by atoms with E-state index in [1.54, 1.807) is 0 Å². The maximum Gasteiger partial charge on any atom is 0.303 e. The van der Waals surface area contributed by atoms with Crippen molar-refractivity contribution in [2.24, 2.45) is 0 Å². The molecule has 1 aliphatic carbocycles. The fourth-order valence-electron chi connectivity index (χ4n) is 4.10. The van der Waals surface area contributed by atoms with Gasteiger partial charge in [-0.25, -0.2) is 4.98 Å². The van der Waals surface area contributed by atoms with E-state index in [9.17, 15) is 4.79 Å². The number of nitrogens with zero attached hydrogens (tertiary/aromatic N) is 1. The van der Waals surface area contributed by atoms with Crippen LogP contribution < -0.4 is 4.74 Å². The van der Waals surface area contributed by atoms with Gasteiger partial charge in [0.15, 0.2) is 0 Å². The Kier molecular flexibility index (Phi) is 6.43. The zero-order valence-corrected chi connectivity index (χ0v) is 17.1. The molecule has 30 heavy (non-hydrogen) atoms. The highest BCUT2D eigenvalue weighted by Gasteiger charge is 2.18. The molecule has 2 aromatic carbocycles. The molecule has 0 bridgehead atoms. The fraction of sp³-hybridized carbons (Fsp3) is 0.308. The van der Waals surface area contributed by atoms with Crippen molar-refractivity contribution in [2.45, 2.75) is 51.6 Å². The van der Waals surface area contributed by atoms with Crippen LogP contribution in [0.3, 0.4) is 0 Å². The van der Waals surface area contributed by atoms with Crippen molar-refractivity contribution in [3.05, 3.63) is 77.5 Å². The van der Waals surface area contributed by atoms with Crippen LogP contribution in [0.5, 0.6) is 5.75 Å². The molecular formula is C26H27NO3. The predicted octanol–water partition coefficient (Wildman–Crippen LogP) is 6.18. The number of allylic oxidation sites excluding steroid dienone is 2. The minimum Gasteiger partial charge on any atom is -0.487 e. The van der Waals surface area contributed by atoms with Crippen LogP contribution in [0.2, 0.25) is 0 Å². The van der Waals surface area contributed by atoms with Gasteiger partial charge in [0.2, 0.25) is 0 Å². The van der Waals surface area contributed by atoms with E-state index in [4.69, 9.17) is 14.8 Å². The number of aliphatic carboxylic acids is 1. The molecule has 4 nitrogen and oxygen atoms in total. The Morgan fingerprint density at radius 1 is 1.03 bits per heavy atom. The molecule has 3 aromatic rings. The van der Waals surface area contributed by atoms with E-state index in [2.05, 4.69) is 36.4 Å². The molecule has 0 atom stereocenters. The summed E-state index contributed by atoms with van der Waals surface area (Å²) in [6, 6.07) is 18.5. The molecule has 154 valence electrons.